The van der Waals surface area contributed by atoms with Crippen LogP contribution in [-0.4, -0.2) is 67.7 Å². The highest BCUT2D eigenvalue weighted by molar-refractivity contribution is 7.91. The summed E-state index contributed by atoms with van der Waals surface area (Å²) in [6.45, 7) is 2.39. The summed E-state index contributed by atoms with van der Waals surface area (Å²) in [5, 5.41) is 0. The molecule has 3 aliphatic rings. The van der Waals surface area contributed by atoms with Crippen LogP contribution in [0.2, 0.25) is 0 Å². The Bertz CT molecular complexity index is 575. The van der Waals surface area contributed by atoms with E-state index in [2.05, 4.69) is 0 Å². The van der Waals surface area contributed by atoms with Gasteiger partial charge in [-0.1, -0.05) is 19.3 Å². The van der Waals surface area contributed by atoms with E-state index in [-0.39, 0.29) is 35.2 Å². The minimum absolute atomic E-state index is 0.0237. The lowest BCUT2D eigenvalue weighted by atomic mass is 9.88. The van der Waals surface area contributed by atoms with Crippen LogP contribution in [0.4, 0.5) is 0 Å². The van der Waals surface area contributed by atoms with Gasteiger partial charge in [-0.25, -0.2) is 8.42 Å². The zero-order chi connectivity index (χ0) is 17.2. The van der Waals surface area contributed by atoms with Crippen LogP contribution in [0.1, 0.15) is 44.9 Å². The van der Waals surface area contributed by atoms with Gasteiger partial charge in [0.05, 0.1) is 11.5 Å². The van der Waals surface area contributed by atoms with Gasteiger partial charge in [-0.15, -0.1) is 0 Å². The van der Waals surface area contributed by atoms with Gasteiger partial charge in [0, 0.05) is 38.5 Å². The zero-order valence-electron chi connectivity index (χ0n) is 14.3. The number of amides is 2. The Morgan fingerprint density at radius 3 is 2.08 bits per heavy atom. The van der Waals surface area contributed by atoms with E-state index in [1.807, 2.05) is 4.90 Å². The van der Waals surface area contributed by atoms with Crippen molar-refractivity contribution in [2.45, 2.75) is 44.9 Å². The van der Waals surface area contributed by atoms with Crippen molar-refractivity contribution >= 4 is 21.7 Å². The van der Waals surface area contributed by atoms with Crippen LogP contribution in [0, 0.1) is 11.8 Å². The van der Waals surface area contributed by atoms with Gasteiger partial charge in [-0.05, 0) is 25.2 Å². The lowest BCUT2D eigenvalue weighted by Gasteiger charge is -2.37. The maximum atomic E-state index is 12.5. The Balaban J connectivity index is 1.44. The van der Waals surface area contributed by atoms with E-state index >= 15 is 0 Å². The minimum Gasteiger partial charge on any atom is -0.339 e. The second kappa shape index (κ2) is 7.42. The molecule has 0 aromatic heterocycles. The fraction of sp³-hybridized carbons (Fsp3) is 0.882. The molecular formula is C17H28N2O4S. The number of piperazine rings is 1. The van der Waals surface area contributed by atoms with Crippen molar-refractivity contribution in [2.24, 2.45) is 11.8 Å². The molecule has 2 aliphatic heterocycles. The van der Waals surface area contributed by atoms with Gasteiger partial charge >= 0.3 is 0 Å². The number of sulfone groups is 1. The molecule has 7 heteroatoms. The van der Waals surface area contributed by atoms with E-state index in [1.165, 1.54) is 6.42 Å². The SMILES string of the molecule is O=C(CC1CCS(=O)(=O)C1)N1CCN(C(=O)C2CCCCC2)CC1. The fourth-order valence-corrected chi connectivity index (χ4v) is 6.05. The summed E-state index contributed by atoms with van der Waals surface area (Å²) in [4.78, 5) is 28.6. The van der Waals surface area contributed by atoms with Gasteiger partial charge in [0.25, 0.3) is 0 Å². The van der Waals surface area contributed by atoms with Crippen molar-refractivity contribution in [3.63, 3.8) is 0 Å². The minimum atomic E-state index is -2.93. The first-order valence-electron chi connectivity index (χ1n) is 9.21. The number of nitrogens with zero attached hydrogens (tertiary/aromatic N) is 2. The Hall–Kier alpha value is -1.11. The van der Waals surface area contributed by atoms with Crippen molar-refractivity contribution in [1.82, 2.24) is 9.80 Å². The summed E-state index contributed by atoms with van der Waals surface area (Å²) in [6.07, 6.45) is 6.49. The fourth-order valence-electron chi connectivity index (χ4n) is 4.19. The Kier molecular flexibility index (Phi) is 5.47. The van der Waals surface area contributed by atoms with Gasteiger partial charge in [0.1, 0.15) is 0 Å². The van der Waals surface area contributed by atoms with Crippen molar-refractivity contribution in [3.05, 3.63) is 0 Å². The molecule has 1 atom stereocenters. The highest BCUT2D eigenvalue weighted by Gasteiger charge is 2.33. The standard InChI is InChI=1S/C17H28N2O4S/c20-16(12-14-6-11-24(22,23)13-14)18-7-9-19(10-8-18)17(21)15-4-2-1-3-5-15/h14-15H,1-13H2. The second-order valence-electron chi connectivity index (χ2n) is 7.51. The molecule has 3 rings (SSSR count). The molecule has 0 spiro atoms. The van der Waals surface area contributed by atoms with Gasteiger partial charge < -0.3 is 9.80 Å². The first kappa shape index (κ1) is 17.7. The maximum absolute atomic E-state index is 12.5. The average Bonchev–Trinajstić information content (AvgIpc) is 2.93. The summed E-state index contributed by atoms with van der Waals surface area (Å²) in [7, 11) is -2.93. The molecule has 1 unspecified atom stereocenters. The molecular weight excluding hydrogens is 328 g/mol. The third-order valence-corrected chi connectivity index (χ3v) is 7.53. The molecule has 0 aromatic carbocycles. The van der Waals surface area contributed by atoms with Crippen LogP contribution in [0.3, 0.4) is 0 Å². The van der Waals surface area contributed by atoms with Crippen LogP contribution in [-0.2, 0) is 19.4 Å². The topological polar surface area (TPSA) is 74.8 Å². The molecule has 2 heterocycles. The van der Waals surface area contributed by atoms with Gasteiger partial charge in [0.15, 0.2) is 9.84 Å². The van der Waals surface area contributed by atoms with Crippen molar-refractivity contribution in [1.29, 1.82) is 0 Å². The first-order chi connectivity index (χ1) is 11.4. The van der Waals surface area contributed by atoms with Crippen LogP contribution >= 0.6 is 0 Å². The van der Waals surface area contributed by atoms with E-state index in [4.69, 9.17) is 0 Å². The van der Waals surface area contributed by atoms with E-state index in [9.17, 15) is 18.0 Å². The lowest BCUT2D eigenvalue weighted by molar-refractivity contribution is -0.143. The van der Waals surface area contributed by atoms with Crippen molar-refractivity contribution in [3.8, 4) is 0 Å². The predicted molar refractivity (Wildman–Crippen MR) is 91.1 cm³/mol. The molecule has 136 valence electrons. The van der Waals surface area contributed by atoms with Crippen LogP contribution in [0.25, 0.3) is 0 Å². The normalized spacial score (nSPS) is 28.1. The lowest BCUT2D eigenvalue weighted by Crippen LogP contribution is -2.52. The smallest absolute Gasteiger partial charge is 0.225 e. The predicted octanol–water partition coefficient (Wildman–Crippen LogP) is 1.06. The molecule has 0 bridgehead atoms. The van der Waals surface area contributed by atoms with Crippen molar-refractivity contribution in [2.75, 3.05) is 37.7 Å². The first-order valence-corrected chi connectivity index (χ1v) is 11.0. The number of carbonyl (C=O) groups excluding carboxylic acids is 2. The average molecular weight is 356 g/mol. The molecule has 24 heavy (non-hydrogen) atoms. The van der Waals surface area contributed by atoms with E-state index < -0.39 is 9.84 Å². The summed E-state index contributed by atoms with van der Waals surface area (Å²) < 4.78 is 23.0. The third-order valence-electron chi connectivity index (χ3n) is 5.69. The molecule has 6 nitrogen and oxygen atoms in total. The van der Waals surface area contributed by atoms with Gasteiger partial charge in [-0.3, -0.25) is 9.59 Å². The molecule has 2 saturated heterocycles. The highest BCUT2D eigenvalue weighted by Crippen LogP contribution is 2.26. The molecule has 3 fully saturated rings. The Labute approximate surface area is 144 Å². The Morgan fingerprint density at radius 2 is 1.50 bits per heavy atom. The van der Waals surface area contributed by atoms with E-state index in [0.717, 1.165) is 25.7 Å². The molecule has 1 aliphatic carbocycles. The summed E-state index contributed by atoms with van der Waals surface area (Å²) >= 11 is 0. The number of hydrogen-bond donors (Lipinski definition) is 0. The highest BCUT2D eigenvalue weighted by atomic mass is 32.2. The van der Waals surface area contributed by atoms with Crippen LogP contribution in [0.15, 0.2) is 0 Å². The van der Waals surface area contributed by atoms with Crippen LogP contribution in [0.5, 0.6) is 0 Å². The number of hydrogen-bond acceptors (Lipinski definition) is 4. The molecule has 0 N–H and O–H groups in total. The van der Waals surface area contributed by atoms with Gasteiger partial charge in [0.2, 0.25) is 11.8 Å². The van der Waals surface area contributed by atoms with Crippen LogP contribution < -0.4 is 0 Å². The molecule has 0 radical (unpaired) electrons. The monoisotopic (exact) mass is 356 g/mol. The quantitative estimate of drug-likeness (QED) is 0.758. The largest absolute Gasteiger partial charge is 0.339 e. The summed E-state index contributed by atoms with van der Waals surface area (Å²) in [5.74, 6) is 0.840. The zero-order valence-corrected chi connectivity index (χ0v) is 15.1. The molecule has 1 saturated carbocycles. The van der Waals surface area contributed by atoms with Gasteiger partial charge in [-0.2, -0.15) is 0 Å². The number of carbonyl (C=O) groups is 2. The molecule has 0 aromatic rings. The summed E-state index contributed by atoms with van der Waals surface area (Å²) in [5.41, 5.74) is 0. The maximum Gasteiger partial charge on any atom is 0.225 e. The number of rotatable bonds is 3. The second-order valence-corrected chi connectivity index (χ2v) is 9.74. The summed E-state index contributed by atoms with van der Waals surface area (Å²) in [6, 6.07) is 0. The van der Waals surface area contributed by atoms with E-state index in [1.54, 1.807) is 4.90 Å². The Morgan fingerprint density at radius 1 is 0.875 bits per heavy atom. The third kappa shape index (κ3) is 4.29. The molecule has 2 amide bonds. The van der Waals surface area contributed by atoms with E-state index in [0.29, 0.717) is 39.0 Å². The van der Waals surface area contributed by atoms with Crippen molar-refractivity contribution < 1.29 is 18.0 Å².